The lowest BCUT2D eigenvalue weighted by Crippen LogP contribution is -2.19. The van der Waals surface area contributed by atoms with Gasteiger partial charge < -0.3 is 10.1 Å². The maximum Gasteiger partial charge on any atom is 0.220 e. The molecule has 0 fully saturated rings. The van der Waals surface area contributed by atoms with Crippen molar-refractivity contribution in [3.63, 3.8) is 0 Å². The largest absolute Gasteiger partial charge is 0.496 e. The monoisotopic (exact) mass is 207 g/mol. The number of para-hydroxylation sites is 1. The fourth-order valence-electron chi connectivity index (χ4n) is 1.56. The summed E-state index contributed by atoms with van der Waals surface area (Å²) >= 11 is 0. The highest BCUT2D eigenvalue weighted by Gasteiger charge is 2.13. The minimum absolute atomic E-state index is 0.0495. The van der Waals surface area contributed by atoms with E-state index < -0.39 is 0 Å². The number of carbonyl (C=O) groups excluding carboxylic acids is 1. The van der Waals surface area contributed by atoms with Gasteiger partial charge in [0, 0.05) is 13.5 Å². The van der Waals surface area contributed by atoms with Crippen LogP contribution in [0.25, 0.3) is 0 Å². The quantitative estimate of drug-likeness (QED) is 0.819. The van der Waals surface area contributed by atoms with Crippen LogP contribution >= 0.6 is 0 Å². The Labute approximate surface area is 90.4 Å². The number of ether oxygens (including phenoxy) is 1. The average Bonchev–Trinajstić information content (AvgIpc) is 2.28. The van der Waals surface area contributed by atoms with Crippen molar-refractivity contribution in [2.45, 2.75) is 19.3 Å². The van der Waals surface area contributed by atoms with E-state index in [9.17, 15) is 4.79 Å². The van der Waals surface area contributed by atoms with Crippen LogP contribution in [0.15, 0.2) is 24.3 Å². The number of carbonyl (C=O) groups is 1. The Balaban J connectivity index is 2.80. The summed E-state index contributed by atoms with van der Waals surface area (Å²) in [6.45, 7) is 2.02. The Morgan fingerprint density at radius 3 is 2.73 bits per heavy atom. The zero-order chi connectivity index (χ0) is 11.3. The number of hydrogen-bond donors (Lipinski definition) is 1. The van der Waals surface area contributed by atoms with Crippen molar-refractivity contribution in [3.8, 4) is 5.75 Å². The van der Waals surface area contributed by atoms with E-state index in [1.807, 2.05) is 31.2 Å². The van der Waals surface area contributed by atoms with Gasteiger partial charge in [-0.05, 0) is 17.5 Å². The maximum atomic E-state index is 11.2. The first-order valence-corrected chi connectivity index (χ1v) is 5.02. The number of benzene rings is 1. The molecular weight excluding hydrogens is 190 g/mol. The fourth-order valence-corrected chi connectivity index (χ4v) is 1.56. The highest BCUT2D eigenvalue weighted by molar-refractivity contribution is 5.76. The third-order valence-corrected chi connectivity index (χ3v) is 2.44. The van der Waals surface area contributed by atoms with Gasteiger partial charge in [0.05, 0.1) is 7.11 Å². The molecule has 0 aromatic heterocycles. The lowest BCUT2D eigenvalue weighted by atomic mass is 9.96. The van der Waals surface area contributed by atoms with E-state index >= 15 is 0 Å². The van der Waals surface area contributed by atoms with Crippen molar-refractivity contribution in [1.82, 2.24) is 5.32 Å². The molecule has 0 bridgehead atoms. The molecule has 1 aromatic carbocycles. The van der Waals surface area contributed by atoms with E-state index in [2.05, 4.69) is 5.32 Å². The lowest BCUT2D eigenvalue weighted by molar-refractivity contribution is -0.120. The smallest absolute Gasteiger partial charge is 0.220 e. The van der Waals surface area contributed by atoms with Crippen LogP contribution in [0.3, 0.4) is 0 Å². The standard InChI is InChI=1S/C12H17NO2/c1-9(8-12(14)13-2)10-6-4-5-7-11(10)15-3/h4-7,9H,8H2,1-3H3,(H,13,14). The lowest BCUT2D eigenvalue weighted by Gasteiger charge is -2.14. The number of amides is 1. The van der Waals surface area contributed by atoms with Crippen molar-refractivity contribution in [2.24, 2.45) is 0 Å². The van der Waals surface area contributed by atoms with Crippen molar-refractivity contribution in [1.29, 1.82) is 0 Å². The Morgan fingerprint density at radius 1 is 1.47 bits per heavy atom. The zero-order valence-corrected chi connectivity index (χ0v) is 9.41. The summed E-state index contributed by atoms with van der Waals surface area (Å²) < 4.78 is 5.25. The topological polar surface area (TPSA) is 38.3 Å². The molecule has 1 unspecified atom stereocenters. The molecule has 0 aliphatic rings. The first-order chi connectivity index (χ1) is 7.19. The van der Waals surface area contributed by atoms with Gasteiger partial charge in [0.2, 0.25) is 5.91 Å². The van der Waals surface area contributed by atoms with Gasteiger partial charge in [0.15, 0.2) is 0 Å². The Hall–Kier alpha value is -1.51. The van der Waals surface area contributed by atoms with Crippen LogP contribution in [0.4, 0.5) is 0 Å². The average molecular weight is 207 g/mol. The Bertz CT molecular complexity index is 336. The molecule has 1 aromatic rings. The van der Waals surface area contributed by atoms with E-state index in [1.54, 1.807) is 14.2 Å². The van der Waals surface area contributed by atoms with E-state index in [0.717, 1.165) is 11.3 Å². The molecule has 15 heavy (non-hydrogen) atoms. The molecule has 0 radical (unpaired) electrons. The Morgan fingerprint density at radius 2 is 2.13 bits per heavy atom. The van der Waals surface area contributed by atoms with Gasteiger partial charge in [-0.1, -0.05) is 25.1 Å². The first kappa shape index (κ1) is 11.6. The molecule has 1 amide bonds. The number of rotatable bonds is 4. The predicted molar refractivity (Wildman–Crippen MR) is 60.1 cm³/mol. The van der Waals surface area contributed by atoms with Gasteiger partial charge in [-0.15, -0.1) is 0 Å². The number of methoxy groups -OCH3 is 1. The predicted octanol–water partition coefficient (Wildman–Crippen LogP) is 1.93. The van der Waals surface area contributed by atoms with Crippen molar-refractivity contribution < 1.29 is 9.53 Å². The third kappa shape index (κ3) is 2.98. The second-order valence-corrected chi connectivity index (χ2v) is 3.52. The highest BCUT2D eigenvalue weighted by atomic mass is 16.5. The summed E-state index contributed by atoms with van der Waals surface area (Å²) in [6.07, 6.45) is 0.483. The van der Waals surface area contributed by atoms with Crippen LogP contribution in [0, 0.1) is 0 Å². The van der Waals surface area contributed by atoms with Gasteiger partial charge in [-0.2, -0.15) is 0 Å². The minimum atomic E-state index is 0.0495. The molecule has 0 heterocycles. The van der Waals surface area contributed by atoms with Crippen LogP contribution in [0.1, 0.15) is 24.8 Å². The molecule has 3 nitrogen and oxygen atoms in total. The molecule has 0 aliphatic carbocycles. The van der Waals surface area contributed by atoms with Gasteiger partial charge >= 0.3 is 0 Å². The van der Waals surface area contributed by atoms with E-state index in [1.165, 1.54) is 0 Å². The first-order valence-electron chi connectivity index (χ1n) is 5.02. The van der Waals surface area contributed by atoms with Gasteiger partial charge in [-0.25, -0.2) is 0 Å². The van der Waals surface area contributed by atoms with E-state index in [0.29, 0.717) is 6.42 Å². The van der Waals surface area contributed by atoms with Gasteiger partial charge in [0.1, 0.15) is 5.75 Å². The SMILES string of the molecule is CNC(=O)CC(C)c1ccccc1OC. The van der Waals surface area contributed by atoms with Gasteiger partial charge in [0.25, 0.3) is 0 Å². The van der Waals surface area contributed by atoms with Crippen LogP contribution < -0.4 is 10.1 Å². The summed E-state index contributed by atoms with van der Waals surface area (Å²) in [4.78, 5) is 11.2. The van der Waals surface area contributed by atoms with E-state index in [4.69, 9.17) is 4.74 Å². The molecular formula is C12H17NO2. The fraction of sp³-hybridized carbons (Fsp3) is 0.417. The molecule has 0 aliphatic heterocycles. The van der Waals surface area contributed by atoms with Crippen molar-refractivity contribution >= 4 is 5.91 Å². The van der Waals surface area contributed by atoms with Crippen molar-refractivity contribution in [2.75, 3.05) is 14.2 Å². The van der Waals surface area contributed by atoms with Crippen LogP contribution in [-0.4, -0.2) is 20.1 Å². The second-order valence-electron chi connectivity index (χ2n) is 3.52. The van der Waals surface area contributed by atoms with Gasteiger partial charge in [-0.3, -0.25) is 4.79 Å². The summed E-state index contributed by atoms with van der Waals surface area (Å²) in [6, 6.07) is 7.79. The molecule has 0 saturated heterocycles. The maximum absolute atomic E-state index is 11.2. The van der Waals surface area contributed by atoms with E-state index in [-0.39, 0.29) is 11.8 Å². The number of nitrogens with one attached hydrogen (secondary N) is 1. The Kier molecular flexibility index (Phi) is 4.16. The number of hydrogen-bond acceptors (Lipinski definition) is 2. The summed E-state index contributed by atoms with van der Waals surface area (Å²) in [5.41, 5.74) is 1.07. The van der Waals surface area contributed by atoms with Crippen LogP contribution in [0.5, 0.6) is 5.75 Å². The summed E-state index contributed by atoms with van der Waals surface area (Å²) in [5.74, 6) is 1.06. The zero-order valence-electron chi connectivity index (χ0n) is 9.41. The third-order valence-electron chi connectivity index (χ3n) is 2.44. The molecule has 3 heteroatoms. The van der Waals surface area contributed by atoms with Crippen LogP contribution in [-0.2, 0) is 4.79 Å². The highest BCUT2D eigenvalue weighted by Crippen LogP contribution is 2.27. The molecule has 1 N–H and O–H groups in total. The minimum Gasteiger partial charge on any atom is -0.496 e. The van der Waals surface area contributed by atoms with Crippen molar-refractivity contribution in [3.05, 3.63) is 29.8 Å². The molecule has 1 atom stereocenters. The molecule has 0 spiro atoms. The molecule has 1 rings (SSSR count). The van der Waals surface area contributed by atoms with Crippen LogP contribution in [0.2, 0.25) is 0 Å². The molecule has 0 saturated carbocycles. The normalized spacial score (nSPS) is 11.9. The summed E-state index contributed by atoms with van der Waals surface area (Å²) in [5, 5.41) is 2.62. The second kappa shape index (κ2) is 5.39. The summed E-state index contributed by atoms with van der Waals surface area (Å²) in [7, 11) is 3.29. The molecule has 82 valence electrons.